The van der Waals surface area contributed by atoms with E-state index in [4.69, 9.17) is 29.9 Å². The standard InChI is InChI=1S/C27H21N9.C13H9NOS.Zn/c1-16-28-19-10-4-7-13-22(19)34(16)25-31-26(35-17(2)29-20-11-5-8-14-23(20)35)33-27(32-25)36-18(3)30-21-12-6-9-15-24(21)36;15-11-7-3-1-5-9(11)13-14-10-6-2-4-8-12(10)16-13;/h4-15H,1-3H3;1-8,15H;. The molecule has 0 spiro atoms. The number of benzene rings is 5. The fourth-order valence-electron chi connectivity index (χ4n) is 6.48. The predicted molar refractivity (Wildman–Crippen MR) is 205 cm³/mol. The molecule has 5 aromatic carbocycles. The van der Waals surface area contributed by atoms with Crippen molar-refractivity contribution in [3.8, 4) is 34.2 Å². The molecule has 0 radical (unpaired) electrons. The Balaban J connectivity index is 0.000000197. The zero-order valence-corrected chi connectivity index (χ0v) is 32.9. The van der Waals surface area contributed by atoms with Gasteiger partial charge in [-0.05, 0) is 81.4 Å². The van der Waals surface area contributed by atoms with Crippen LogP contribution in [-0.4, -0.2) is 53.7 Å². The Morgan fingerprint density at radius 1 is 0.434 bits per heavy atom. The minimum atomic E-state index is 0. The molecule has 0 aliphatic carbocycles. The number of para-hydroxylation sites is 8. The van der Waals surface area contributed by atoms with Gasteiger partial charge in [-0.1, -0.05) is 60.7 Å². The van der Waals surface area contributed by atoms with Gasteiger partial charge in [0.2, 0.25) is 17.8 Å². The first kappa shape index (κ1) is 33.9. The normalized spacial score (nSPS) is 11.2. The van der Waals surface area contributed by atoms with E-state index in [1.54, 1.807) is 17.4 Å². The second-order valence-electron chi connectivity index (χ2n) is 12.2. The fourth-order valence-corrected chi connectivity index (χ4v) is 7.48. The van der Waals surface area contributed by atoms with Crippen LogP contribution in [0.2, 0.25) is 0 Å². The number of phenols is 1. The van der Waals surface area contributed by atoms with Crippen LogP contribution in [0.25, 0.3) is 71.7 Å². The molecule has 0 aliphatic rings. The van der Waals surface area contributed by atoms with E-state index in [0.29, 0.717) is 17.8 Å². The van der Waals surface area contributed by atoms with Gasteiger partial charge in [0.15, 0.2) is 0 Å². The molecule has 0 unspecified atom stereocenters. The summed E-state index contributed by atoms with van der Waals surface area (Å²) in [7, 11) is 0. The Morgan fingerprint density at radius 2 is 0.811 bits per heavy atom. The van der Waals surface area contributed by atoms with E-state index in [1.165, 1.54) is 0 Å². The molecule has 5 aromatic heterocycles. The minimum absolute atomic E-state index is 0. The van der Waals surface area contributed by atoms with Crippen molar-refractivity contribution in [2.75, 3.05) is 0 Å². The third kappa shape index (κ3) is 6.03. The molecule has 10 aromatic rings. The molecule has 0 saturated heterocycles. The smallest absolute Gasteiger partial charge is 0.242 e. The Bertz CT molecular complexity index is 2680. The van der Waals surface area contributed by atoms with Crippen LogP contribution in [0.4, 0.5) is 0 Å². The van der Waals surface area contributed by atoms with E-state index in [-0.39, 0.29) is 25.2 Å². The average Bonchev–Trinajstić information content (AvgIpc) is 3.91. The maximum absolute atomic E-state index is 9.76. The first-order valence-corrected chi connectivity index (χ1v) is 17.5. The Hall–Kier alpha value is -6.17. The SMILES string of the molecule is Cc1nc2ccccc2n1-c1nc(-n2c(C)nc3ccccc32)nc(-n2c(C)nc3ccccc32)n1.Oc1ccccc1-c1nc2ccccc2s1.[Zn]. The Labute approximate surface area is 320 Å². The molecule has 0 fully saturated rings. The molecule has 0 atom stereocenters. The van der Waals surface area contributed by atoms with E-state index in [2.05, 4.69) is 4.98 Å². The van der Waals surface area contributed by atoms with Crippen LogP contribution in [0.3, 0.4) is 0 Å². The van der Waals surface area contributed by atoms with Gasteiger partial charge >= 0.3 is 0 Å². The van der Waals surface area contributed by atoms with Gasteiger partial charge in [-0.3, -0.25) is 13.7 Å². The number of hydrogen-bond acceptors (Lipinski definition) is 9. The zero-order valence-electron chi connectivity index (χ0n) is 29.1. The third-order valence-corrected chi connectivity index (χ3v) is 9.88. The van der Waals surface area contributed by atoms with Crippen molar-refractivity contribution in [1.82, 2.24) is 48.6 Å². The number of hydrogen-bond donors (Lipinski definition) is 1. The van der Waals surface area contributed by atoms with Crippen LogP contribution in [0.5, 0.6) is 5.75 Å². The van der Waals surface area contributed by atoms with E-state index >= 15 is 0 Å². The molecular formula is C40H30N10OSZn. The van der Waals surface area contributed by atoms with Crippen molar-refractivity contribution in [3.63, 3.8) is 0 Å². The van der Waals surface area contributed by atoms with Crippen LogP contribution < -0.4 is 0 Å². The number of aryl methyl sites for hydroxylation is 3. The van der Waals surface area contributed by atoms with Gasteiger partial charge in [0.05, 0.1) is 48.9 Å². The van der Waals surface area contributed by atoms with Gasteiger partial charge in [-0.25, -0.2) is 19.9 Å². The first-order chi connectivity index (χ1) is 25.4. The number of thiazole rings is 1. The molecule has 0 aliphatic heterocycles. The molecule has 254 valence electrons. The molecular weight excluding hydrogens is 734 g/mol. The average molecular weight is 764 g/mol. The van der Waals surface area contributed by atoms with E-state index < -0.39 is 0 Å². The van der Waals surface area contributed by atoms with Gasteiger partial charge in [0.1, 0.15) is 28.2 Å². The summed E-state index contributed by atoms with van der Waals surface area (Å²) in [5.41, 5.74) is 7.20. The first-order valence-electron chi connectivity index (χ1n) is 16.7. The van der Waals surface area contributed by atoms with Gasteiger partial charge in [-0.2, -0.15) is 15.0 Å². The van der Waals surface area contributed by atoms with E-state index in [1.807, 2.05) is 150 Å². The largest absolute Gasteiger partial charge is 0.507 e. The molecule has 0 amide bonds. The number of imidazole rings is 3. The monoisotopic (exact) mass is 762 g/mol. The van der Waals surface area contributed by atoms with Crippen molar-refractivity contribution in [3.05, 3.63) is 139 Å². The molecule has 11 nitrogen and oxygen atoms in total. The van der Waals surface area contributed by atoms with Crippen molar-refractivity contribution in [1.29, 1.82) is 0 Å². The summed E-state index contributed by atoms with van der Waals surface area (Å²) in [5.74, 6) is 4.10. The summed E-state index contributed by atoms with van der Waals surface area (Å²) in [6.45, 7) is 5.87. The summed E-state index contributed by atoms with van der Waals surface area (Å²) in [4.78, 5) is 33.6. The van der Waals surface area contributed by atoms with Gasteiger partial charge < -0.3 is 5.11 Å². The molecule has 1 N–H and O–H groups in total. The summed E-state index contributed by atoms with van der Waals surface area (Å²) in [5, 5.41) is 10.6. The van der Waals surface area contributed by atoms with Crippen molar-refractivity contribution in [2.45, 2.75) is 20.8 Å². The second kappa shape index (κ2) is 13.8. The van der Waals surface area contributed by atoms with Crippen LogP contribution in [0, 0.1) is 20.8 Å². The van der Waals surface area contributed by atoms with E-state index in [9.17, 15) is 5.11 Å². The number of nitrogens with zero attached hydrogens (tertiary/aromatic N) is 10. The van der Waals surface area contributed by atoms with Gasteiger partial charge in [0.25, 0.3) is 0 Å². The second-order valence-corrected chi connectivity index (χ2v) is 13.2. The topological polar surface area (TPSA) is 125 Å². The predicted octanol–water partition coefficient (Wildman–Crippen LogP) is 8.48. The number of phenolic OH excluding ortho intramolecular Hbond substituents is 1. The Morgan fingerprint density at radius 3 is 1.25 bits per heavy atom. The van der Waals surface area contributed by atoms with Gasteiger partial charge in [-0.15, -0.1) is 11.3 Å². The summed E-state index contributed by atoms with van der Waals surface area (Å²) < 4.78 is 7.04. The number of rotatable bonds is 4. The number of aromatic hydroxyl groups is 1. The molecule has 5 heterocycles. The number of aromatic nitrogens is 10. The van der Waals surface area contributed by atoms with Gasteiger partial charge in [0, 0.05) is 19.5 Å². The molecule has 0 saturated carbocycles. The maximum Gasteiger partial charge on any atom is 0.242 e. The van der Waals surface area contributed by atoms with Crippen LogP contribution >= 0.6 is 11.3 Å². The molecule has 13 heteroatoms. The Kier molecular flexibility index (Phi) is 8.81. The molecule has 53 heavy (non-hydrogen) atoms. The van der Waals surface area contributed by atoms with Crippen molar-refractivity contribution < 1.29 is 24.6 Å². The van der Waals surface area contributed by atoms with Crippen LogP contribution in [0.1, 0.15) is 17.5 Å². The van der Waals surface area contributed by atoms with E-state index in [0.717, 1.165) is 71.4 Å². The number of fused-ring (bicyclic) bond motifs is 4. The summed E-state index contributed by atoms with van der Waals surface area (Å²) >= 11 is 1.59. The summed E-state index contributed by atoms with van der Waals surface area (Å²) in [6, 6.07) is 39.2. The fraction of sp³-hybridized carbons (Fsp3) is 0.0750. The van der Waals surface area contributed by atoms with Crippen LogP contribution in [-0.2, 0) is 19.5 Å². The quantitative estimate of drug-likeness (QED) is 0.177. The van der Waals surface area contributed by atoms with Crippen LogP contribution in [0.15, 0.2) is 121 Å². The molecule has 10 rings (SSSR count). The molecule has 0 bridgehead atoms. The maximum atomic E-state index is 9.76. The minimum Gasteiger partial charge on any atom is -0.507 e. The summed E-state index contributed by atoms with van der Waals surface area (Å²) in [6.07, 6.45) is 0. The third-order valence-electron chi connectivity index (χ3n) is 8.81. The van der Waals surface area contributed by atoms with Crippen molar-refractivity contribution >= 4 is 54.7 Å². The zero-order chi connectivity index (χ0) is 35.3. The van der Waals surface area contributed by atoms with Crippen molar-refractivity contribution in [2.24, 2.45) is 0 Å².